The van der Waals surface area contributed by atoms with Gasteiger partial charge in [0.2, 0.25) is 0 Å². The number of carbonyl (C=O) groups excluding carboxylic acids is 2. The summed E-state index contributed by atoms with van der Waals surface area (Å²) in [5.74, 6) is -0.381. The van der Waals surface area contributed by atoms with Crippen molar-refractivity contribution in [3.8, 4) is 0 Å². The number of nitrogens with zero attached hydrogens (tertiary/aromatic N) is 1. The molecule has 3 heteroatoms. The lowest BCUT2D eigenvalue weighted by Gasteiger charge is -2.20. The van der Waals surface area contributed by atoms with Gasteiger partial charge in [-0.3, -0.25) is 14.5 Å². The third-order valence-corrected chi connectivity index (χ3v) is 1.87. The van der Waals surface area contributed by atoms with Crippen LogP contribution in [0.2, 0.25) is 0 Å². The zero-order valence-electron chi connectivity index (χ0n) is 6.70. The zero-order valence-corrected chi connectivity index (χ0v) is 6.70. The Morgan fingerprint density at radius 1 is 1.36 bits per heavy atom. The van der Waals surface area contributed by atoms with Gasteiger partial charge in [-0.25, -0.2) is 0 Å². The molecule has 0 aromatic carbocycles. The van der Waals surface area contributed by atoms with Gasteiger partial charge >= 0.3 is 0 Å². The van der Waals surface area contributed by atoms with Gasteiger partial charge in [0.1, 0.15) is 0 Å². The molecule has 1 aliphatic heterocycles. The largest absolute Gasteiger partial charge is 0.273 e. The molecular weight excluding hydrogens is 142 g/mol. The summed E-state index contributed by atoms with van der Waals surface area (Å²) in [7, 11) is 0. The minimum absolute atomic E-state index is 0.0185. The first-order valence-electron chi connectivity index (χ1n) is 3.72. The number of imide groups is 1. The average molecular weight is 153 g/mol. The Morgan fingerprint density at radius 3 is 2.18 bits per heavy atom. The van der Waals surface area contributed by atoms with E-state index in [-0.39, 0.29) is 17.9 Å². The Balaban J connectivity index is 2.73. The molecule has 0 aliphatic carbocycles. The predicted molar refractivity (Wildman–Crippen MR) is 40.7 cm³/mol. The fraction of sp³-hybridized carbons (Fsp3) is 0.500. The van der Waals surface area contributed by atoms with Crippen LogP contribution in [-0.2, 0) is 9.59 Å². The second kappa shape index (κ2) is 2.86. The van der Waals surface area contributed by atoms with Gasteiger partial charge in [-0.05, 0) is 13.3 Å². The van der Waals surface area contributed by atoms with Gasteiger partial charge in [-0.2, -0.15) is 0 Å². The van der Waals surface area contributed by atoms with Gasteiger partial charge in [-0.1, -0.05) is 6.92 Å². The van der Waals surface area contributed by atoms with Crippen molar-refractivity contribution in [2.45, 2.75) is 26.3 Å². The third-order valence-electron chi connectivity index (χ3n) is 1.87. The Hall–Kier alpha value is -1.12. The smallest absolute Gasteiger partial charge is 0.253 e. The number of hydrogen-bond donors (Lipinski definition) is 0. The van der Waals surface area contributed by atoms with E-state index in [1.807, 2.05) is 13.8 Å². The summed E-state index contributed by atoms with van der Waals surface area (Å²) in [4.78, 5) is 23.3. The molecule has 1 heterocycles. The molecule has 3 nitrogen and oxygen atoms in total. The topological polar surface area (TPSA) is 37.4 Å². The average Bonchev–Trinajstić information content (AvgIpc) is 2.30. The van der Waals surface area contributed by atoms with Crippen molar-refractivity contribution in [3.63, 3.8) is 0 Å². The van der Waals surface area contributed by atoms with Gasteiger partial charge in [0.15, 0.2) is 0 Å². The minimum atomic E-state index is -0.190. The molecule has 0 saturated heterocycles. The highest BCUT2D eigenvalue weighted by Gasteiger charge is 2.26. The molecule has 0 N–H and O–H groups in total. The van der Waals surface area contributed by atoms with E-state index < -0.39 is 0 Å². The SMILES string of the molecule is CC[C@@H](C)N1C(=O)C=CC1=O. The fourth-order valence-electron chi connectivity index (χ4n) is 1.03. The van der Waals surface area contributed by atoms with Crippen molar-refractivity contribution >= 4 is 11.8 Å². The first kappa shape index (κ1) is 7.98. The van der Waals surface area contributed by atoms with E-state index >= 15 is 0 Å². The lowest BCUT2D eigenvalue weighted by atomic mass is 10.2. The Kier molecular flexibility index (Phi) is 2.08. The quantitative estimate of drug-likeness (QED) is 0.548. The summed E-state index contributed by atoms with van der Waals surface area (Å²) in [6.07, 6.45) is 3.43. The van der Waals surface area contributed by atoms with E-state index in [1.165, 1.54) is 17.1 Å². The summed E-state index contributed by atoms with van der Waals surface area (Å²) in [6, 6.07) is 0.0185. The van der Waals surface area contributed by atoms with Crippen molar-refractivity contribution in [1.82, 2.24) is 4.90 Å². The molecule has 0 radical (unpaired) electrons. The molecule has 0 saturated carbocycles. The van der Waals surface area contributed by atoms with Crippen molar-refractivity contribution in [2.75, 3.05) is 0 Å². The summed E-state index contributed by atoms with van der Waals surface area (Å²) in [5.41, 5.74) is 0. The highest BCUT2D eigenvalue weighted by atomic mass is 16.2. The lowest BCUT2D eigenvalue weighted by Crippen LogP contribution is -2.37. The Labute approximate surface area is 65.7 Å². The van der Waals surface area contributed by atoms with E-state index in [0.717, 1.165) is 6.42 Å². The number of carbonyl (C=O) groups is 2. The maximum Gasteiger partial charge on any atom is 0.253 e. The second-order valence-electron chi connectivity index (χ2n) is 2.64. The summed E-state index contributed by atoms with van der Waals surface area (Å²) in [6.45, 7) is 3.81. The maximum absolute atomic E-state index is 11.0. The summed E-state index contributed by atoms with van der Waals surface area (Å²) >= 11 is 0. The third kappa shape index (κ3) is 1.31. The van der Waals surface area contributed by atoms with Gasteiger partial charge < -0.3 is 0 Å². The minimum Gasteiger partial charge on any atom is -0.273 e. The van der Waals surface area contributed by atoms with Crippen molar-refractivity contribution in [3.05, 3.63) is 12.2 Å². The highest BCUT2D eigenvalue weighted by Crippen LogP contribution is 2.10. The summed E-state index contributed by atoms with van der Waals surface area (Å²) in [5, 5.41) is 0. The zero-order chi connectivity index (χ0) is 8.43. The highest BCUT2D eigenvalue weighted by molar-refractivity contribution is 6.13. The number of amides is 2. The van der Waals surface area contributed by atoms with Gasteiger partial charge in [0.25, 0.3) is 11.8 Å². The molecule has 1 atom stereocenters. The molecule has 0 aromatic rings. The van der Waals surface area contributed by atoms with Crippen molar-refractivity contribution < 1.29 is 9.59 Å². The lowest BCUT2D eigenvalue weighted by molar-refractivity contribution is -0.139. The first-order chi connectivity index (χ1) is 5.16. The van der Waals surface area contributed by atoms with E-state index in [9.17, 15) is 9.59 Å². The molecule has 1 aliphatic rings. The molecular formula is C8H11NO2. The molecule has 1 rings (SSSR count). The number of hydrogen-bond acceptors (Lipinski definition) is 2. The summed E-state index contributed by atoms with van der Waals surface area (Å²) < 4.78 is 0. The van der Waals surface area contributed by atoms with Crippen LogP contribution in [0.15, 0.2) is 12.2 Å². The van der Waals surface area contributed by atoms with Crippen LogP contribution < -0.4 is 0 Å². The van der Waals surface area contributed by atoms with Crippen molar-refractivity contribution in [1.29, 1.82) is 0 Å². The van der Waals surface area contributed by atoms with E-state index in [1.54, 1.807) is 0 Å². The molecule has 60 valence electrons. The molecule has 0 fully saturated rings. The van der Waals surface area contributed by atoms with Crippen LogP contribution >= 0.6 is 0 Å². The monoisotopic (exact) mass is 153 g/mol. The molecule has 0 unspecified atom stereocenters. The Morgan fingerprint density at radius 2 is 1.82 bits per heavy atom. The van der Waals surface area contributed by atoms with Crippen LogP contribution in [0.5, 0.6) is 0 Å². The van der Waals surface area contributed by atoms with E-state index in [0.29, 0.717) is 0 Å². The van der Waals surface area contributed by atoms with Crippen LogP contribution in [0, 0.1) is 0 Å². The van der Waals surface area contributed by atoms with Crippen LogP contribution in [-0.4, -0.2) is 22.8 Å². The maximum atomic E-state index is 11.0. The second-order valence-corrected chi connectivity index (χ2v) is 2.64. The first-order valence-corrected chi connectivity index (χ1v) is 3.72. The molecule has 0 spiro atoms. The number of rotatable bonds is 2. The van der Waals surface area contributed by atoms with Gasteiger partial charge in [-0.15, -0.1) is 0 Å². The van der Waals surface area contributed by atoms with Crippen LogP contribution in [0.1, 0.15) is 20.3 Å². The normalized spacial score (nSPS) is 19.6. The molecule has 11 heavy (non-hydrogen) atoms. The van der Waals surface area contributed by atoms with Crippen LogP contribution in [0.3, 0.4) is 0 Å². The predicted octanol–water partition coefficient (Wildman–Crippen LogP) is 0.710. The van der Waals surface area contributed by atoms with Crippen molar-refractivity contribution in [2.24, 2.45) is 0 Å². The van der Waals surface area contributed by atoms with Crippen LogP contribution in [0.4, 0.5) is 0 Å². The molecule has 0 aromatic heterocycles. The van der Waals surface area contributed by atoms with Crippen LogP contribution in [0.25, 0.3) is 0 Å². The molecule has 2 amide bonds. The van der Waals surface area contributed by atoms with E-state index in [2.05, 4.69) is 0 Å². The molecule has 0 bridgehead atoms. The Bertz CT molecular complexity index is 202. The standard InChI is InChI=1S/C8H11NO2/c1-3-6(2)9-7(10)4-5-8(9)11/h4-6H,3H2,1-2H3/t6-/m1/s1. The fourth-order valence-corrected chi connectivity index (χ4v) is 1.03. The van der Waals surface area contributed by atoms with Gasteiger partial charge in [0.05, 0.1) is 0 Å². The van der Waals surface area contributed by atoms with Gasteiger partial charge in [0, 0.05) is 18.2 Å². The van der Waals surface area contributed by atoms with E-state index in [4.69, 9.17) is 0 Å².